The molecule has 0 amide bonds. The van der Waals surface area contributed by atoms with Gasteiger partial charge >= 0.3 is 5.00 Å². The minimum atomic E-state index is -0.461. The van der Waals surface area contributed by atoms with Crippen molar-refractivity contribution in [3.05, 3.63) is 21.8 Å². The number of nitro groups is 1. The first-order valence-electron chi connectivity index (χ1n) is 3.25. The van der Waals surface area contributed by atoms with Crippen LogP contribution >= 0.6 is 11.3 Å². The summed E-state index contributed by atoms with van der Waals surface area (Å²) in [5.41, 5.74) is 1.43. The second kappa shape index (κ2) is 5.79. The first kappa shape index (κ1) is 10.0. The molecule has 0 saturated carbocycles. The predicted molar refractivity (Wildman–Crippen MR) is 44.7 cm³/mol. The van der Waals surface area contributed by atoms with Crippen molar-refractivity contribution in [2.45, 2.75) is 20.3 Å². The van der Waals surface area contributed by atoms with E-state index >= 15 is 0 Å². The van der Waals surface area contributed by atoms with E-state index in [-0.39, 0.29) is 5.00 Å². The summed E-state index contributed by atoms with van der Waals surface area (Å²) in [5, 5.41) is 9.93. The molecule has 0 unspecified atom stereocenters. The van der Waals surface area contributed by atoms with E-state index in [4.69, 9.17) is 0 Å². The van der Waals surface area contributed by atoms with Crippen LogP contribution in [0, 0.1) is 10.1 Å². The molecule has 62 valence electrons. The Bertz CT molecular complexity index is 198. The Morgan fingerprint density at radius 3 is 2.45 bits per heavy atom. The molecule has 0 spiro atoms. The summed E-state index contributed by atoms with van der Waals surface area (Å²) in [7, 11) is 0. The second-order valence-corrected chi connectivity index (χ2v) is 2.67. The zero-order valence-corrected chi connectivity index (χ0v) is 7.30. The topological polar surface area (TPSA) is 56.0 Å². The highest BCUT2D eigenvalue weighted by Gasteiger charge is 2.03. The summed E-state index contributed by atoms with van der Waals surface area (Å²) in [6, 6.07) is 0. The molecule has 1 heterocycles. The van der Waals surface area contributed by atoms with Gasteiger partial charge in [0.2, 0.25) is 0 Å². The maximum absolute atomic E-state index is 9.84. The molecule has 0 aliphatic carbocycles. The van der Waals surface area contributed by atoms with Gasteiger partial charge in [-0.05, 0) is 11.3 Å². The number of hydrogen-bond acceptors (Lipinski definition) is 4. The molecule has 5 heteroatoms. The smallest absolute Gasteiger partial charge is 0.257 e. The summed E-state index contributed by atoms with van der Waals surface area (Å²) in [6.07, 6.45) is 2.48. The van der Waals surface area contributed by atoms with E-state index in [9.17, 15) is 10.1 Å². The van der Waals surface area contributed by atoms with E-state index in [1.807, 2.05) is 0 Å². The summed E-state index contributed by atoms with van der Waals surface area (Å²) in [4.78, 5) is 12.9. The lowest BCUT2D eigenvalue weighted by molar-refractivity contribution is -0.380. The van der Waals surface area contributed by atoms with E-state index in [1.54, 1.807) is 0 Å². The average molecular weight is 174 g/mol. The van der Waals surface area contributed by atoms with E-state index in [0.29, 0.717) is 0 Å². The fourth-order valence-electron chi connectivity index (χ4n) is 0.299. The van der Waals surface area contributed by atoms with Crippen LogP contribution in [-0.2, 0) is 0 Å². The molecule has 4 nitrogen and oxygen atoms in total. The number of thiazole rings is 1. The zero-order valence-electron chi connectivity index (χ0n) is 6.48. The van der Waals surface area contributed by atoms with Gasteiger partial charge in [0, 0.05) is 0 Å². The Morgan fingerprint density at radius 1 is 1.73 bits per heavy atom. The third kappa shape index (κ3) is 4.44. The number of aromatic nitrogens is 1. The molecule has 1 rings (SSSR count). The second-order valence-electron chi connectivity index (χ2n) is 1.80. The van der Waals surface area contributed by atoms with E-state index in [1.165, 1.54) is 18.1 Å². The third-order valence-electron chi connectivity index (χ3n) is 0.599. The minimum absolute atomic E-state index is 0.0880. The predicted octanol–water partition coefficient (Wildman–Crippen LogP) is 2.47. The van der Waals surface area contributed by atoms with Crippen LogP contribution in [0.2, 0.25) is 0 Å². The molecular weight excluding hydrogens is 164 g/mol. The van der Waals surface area contributed by atoms with Gasteiger partial charge in [0.1, 0.15) is 6.20 Å². The maximum atomic E-state index is 9.84. The highest BCUT2D eigenvalue weighted by atomic mass is 32.1. The fourth-order valence-corrected chi connectivity index (χ4v) is 0.737. The Kier molecular flexibility index (Phi) is 5.28. The summed E-state index contributed by atoms with van der Waals surface area (Å²) >= 11 is 1.02. The first-order chi connectivity index (χ1) is 5.22. The molecule has 0 aromatic carbocycles. The number of nitrogens with zero attached hydrogens (tertiary/aromatic N) is 2. The molecule has 1 aromatic heterocycles. The van der Waals surface area contributed by atoms with E-state index in [0.717, 1.165) is 11.3 Å². The molecule has 0 saturated heterocycles. The van der Waals surface area contributed by atoms with Crippen LogP contribution in [0.5, 0.6) is 0 Å². The standard InChI is InChI=1S/C3H2N2O2S.C3H8/c6-5(7)3-1-4-2-8-3;1-3-2/h1-2H;3H2,1-2H3. The highest BCUT2D eigenvalue weighted by molar-refractivity contribution is 7.12. The molecule has 0 bridgehead atoms. The quantitative estimate of drug-likeness (QED) is 0.485. The van der Waals surface area contributed by atoms with Crippen molar-refractivity contribution in [1.29, 1.82) is 0 Å². The molecule has 0 radical (unpaired) electrons. The lowest BCUT2D eigenvalue weighted by atomic mass is 10.6. The van der Waals surface area contributed by atoms with Crippen LogP contribution in [0.1, 0.15) is 20.3 Å². The van der Waals surface area contributed by atoms with Gasteiger partial charge in [-0.3, -0.25) is 10.1 Å². The molecule has 11 heavy (non-hydrogen) atoms. The Labute approximate surface area is 69.0 Å². The first-order valence-corrected chi connectivity index (χ1v) is 4.13. The summed E-state index contributed by atoms with van der Waals surface area (Å²) in [6.45, 7) is 4.25. The Balaban J connectivity index is 0.000000292. The third-order valence-corrected chi connectivity index (χ3v) is 1.32. The molecule has 0 fully saturated rings. The van der Waals surface area contributed by atoms with Gasteiger partial charge in [-0.2, -0.15) is 0 Å². The zero-order chi connectivity index (χ0) is 8.69. The van der Waals surface area contributed by atoms with Gasteiger partial charge < -0.3 is 0 Å². The van der Waals surface area contributed by atoms with Crippen LogP contribution in [0.15, 0.2) is 11.7 Å². The molecule has 1 aromatic rings. The van der Waals surface area contributed by atoms with Crippen molar-refractivity contribution in [1.82, 2.24) is 4.98 Å². The van der Waals surface area contributed by atoms with E-state index < -0.39 is 4.92 Å². The fraction of sp³-hybridized carbons (Fsp3) is 0.500. The van der Waals surface area contributed by atoms with Gasteiger partial charge in [0.25, 0.3) is 0 Å². The van der Waals surface area contributed by atoms with Gasteiger partial charge in [-0.1, -0.05) is 20.3 Å². The van der Waals surface area contributed by atoms with Crippen LogP contribution in [0.3, 0.4) is 0 Å². The summed E-state index contributed by atoms with van der Waals surface area (Å²) in [5.74, 6) is 0. The van der Waals surface area contributed by atoms with Crippen molar-refractivity contribution >= 4 is 16.3 Å². The average Bonchev–Trinajstić information content (AvgIpc) is 2.38. The largest absolute Gasteiger partial charge is 0.343 e. The van der Waals surface area contributed by atoms with Crippen molar-refractivity contribution in [2.75, 3.05) is 0 Å². The van der Waals surface area contributed by atoms with Crippen LogP contribution in [0.25, 0.3) is 0 Å². The van der Waals surface area contributed by atoms with Crippen LogP contribution in [-0.4, -0.2) is 9.91 Å². The van der Waals surface area contributed by atoms with Crippen molar-refractivity contribution in [3.63, 3.8) is 0 Å². The van der Waals surface area contributed by atoms with Gasteiger partial charge in [-0.15, -0.1) is 0 Å². The van der Waals surface area contributed by atoms with Gasteiger partial charge in [0.05, 0.1) is 10.4 Å². The Hall–Kier alpha value is -0.970. The molecule has 0 atom stereocenters. The summed E-state index contributed by atoms with van der Waals surface area (Å²) < 4.78 is 0. The van der Waals surface area contributed by atoms with Crippen LogP contribution < -0.4 is 0 Å². The lowest BCUT2D eigenvalue weighted by Gasteiger charge is -1.75. The van der Waals surface area contributed by atoms with Crippen molar-refractivity contribution < 1.29 is 4.92 Å². The SMILES string of the molecule is CCC.O=[N+]([O-])c1cncs1. The van der Waals surface area contributed by atoms with Gasteiger partial charge in [-0.25, -0.2) is 4.98 Å². The molecule has 0 aliphatic heterocycles. The van der Waals surface area contributed by atoms with Gasteiger partial charge in [0.15, 0.2) is 0 Å². The Morgan fingerprint density at radius 2 is 2.27 bits per heavy atom. The van der Waals surface area contributed by atoms with Crippen molar-refractivity contribution in [3.8, 4) is 0 Å². The minimum Gasteiger partial charge on any atom is -0.257 e. The number of rotatable bonds is 1. The monoisotopic (exact) mass is 174 g/mol. The normalized spacial score (nSPS) is 8.18. The molecule has 0 aliphatic rings. The number of hydrogen-bond donors (Lipinski definition) is 0. The molecular formula is C6H10N2O2S. The maximum Gasteiger partial charge on any atom is 0.343 e. The van der Waals surface area contributed by atoms with Crippen molar-refractivity contribution in [2.24, 2.45) is 0 Å². The lowest BCUT2D eigenvalue weighted by Crippen LogP contribution is -1.80. The van der Waals surface area contributed by atoms with E-state index in [2.05, 4.69) is 18.8 Å². The van der Waals surface area contributed by atoms with Crippen LogP contribution in [0.4, 0.5) is 5.00 Å². The molecule has 0 N–H and O–H groups in total. The highest BCUT2D eigenvalue weighted by Crippen LogP contribution is 2.14.